The zero-order chi connectivity index (χ0) is 30.3. The van der Waals surface area contributed by atoms with Gasteiger partial charge >= 0.3 is 11.7 Å². The van der Waals surface area contributed by atoms with E-state index in [9.17, 15) is 19.5 Å². The third-order valence-electron chi connectivity index (χ3n) is 7.97. The van der Waals surface area contributed by atoms with Gasteiger partial charge in [-0.05, 0) is 67.7 Å². The van der Waals surface area contributed by atoms with E-state index in [1.807, 2.05) is 20.9 Å². The molecule has 2 aromatic heterocycles. The molecule has 2 heterocycles. The second-order valence-electron chi connectivity index (χ2n) is 11.6. The first kappa shape index (κ1) is 31.7. The maximum atomic E-state index is 13.4. The van der Waals surface area contributed by atoms with Crippen LogP contribution in [0.3, 0.4) is 0 Å². The fraction of sp³-hybridized carbons (Fsp3) is 0.485. The van der Waals surface area contributed by atoms with Crippen LogP contribution >= 0.6 is 0 Å². The largest absolute Gasteiger partial charge is 0.507 e. The molecule has 3 atom stereocenters. The van der Waals surface area contributed by atoms with E-state index in [1.165, 1.54) is 30.3 Å². The number of alkyl carbamates (subject to hydrolysis) is 1. The number of allylic oxidation sites excluding steroid dienone is 1. The number of ether oxygens (including phenoxy) is 1. The standard InChI is InChI=1S/C33H44N2O6/c1-20(2)11-12-24-13-14-27-25(17-24)18-26(35(27)6)16-22(4)23(5)31(37)30-28(36)19-29(41-32(30)38)21(3)10-8-9-15-34-33(39)40-7/h9,13-15,17-23,36H,8,10-12,16H2,1-7H3,(H,34,39)/b15-9+. The summed E-state index contributed by atoms with van der Waals surface area (Å²) in [6, 6.07) is 10.2. The third-order valence-corrected chi connectivity index (χ3v) is 7.97. The van der Waals surface area contributed by atoms with Gasteiger partial charge in [-0.25, -0.2) is 9.59 Å². The number of Topliss-reactive ketones (excluding diaryl/α,β-unsaturated/α-hetero) is 1. The number of carbonyl (C=O) groups is 2. The van der Waals surface area contributed by atoms with Crippen molar-refractivity contribution in [2.24, 2.45) is 24.8 Å². The van der Waals surface area contributed by atoms with Crippen molar-refractivity contribution in [2.75, 3.05) is 7.11 Å². The molecule has 8 nitrogen and oxygen atoms in total. The first-order valence-corrected chi connectivity index (χ1v) is 14.4. The lowest BCUT2D eigenvalue weighted by molar-refractivity contribution is 0.0884. The molecule has 0 aliphatic carbocycles. The molecular weight excluding hydrogens is 520 g/mol. The highest BCUT2D eigenvalue weighted by molar-refractivity contribution is 5.99. The number of aryl methyl sites for hydroxylation is 2. The second kappa shape index (κ2) is 14.2. The van der Waals surface area contributed by atoms with Gasteiger partial charge < -0.3 is 18.8 Å². The van der Waals surface area contributed by atoms with Gasteiger partial charge in [0.05, 0.1) is 7.11 Å². The summed E-state index contributed by atoms with van der Waals surface area (Å²) in [6.07, 6.45) is 6.74. The summed E-state index contributed by atoms with van der Waals surface area (Å²) in [6.45, 7) is 10.1. The van der Waals surface area contributed by atoms with Crippen LogP contribution in [0.2, 0.25) is 0 Å². The first-order chi connectivity index (χ1) is 19.4. The lowest BCUT2D eigenvalue weighted by atomic mass is 9.85. The van der Waals surface area contributed by atoms with Gasteiger partial charge in [0, 0.05) is 47.7 Å². The molecule has 0 bridgehead atoms. The van der Waals surface area contributed by atoms with Crippen LogP contribution in [0.4, 0.5) is 4.79 Å². The number of aromatic nitrogens is 1. The molecule has 3 rings (SSSR count). The maximum absolute atomic E-state index is 13.4. The topological polar surface area (TPSA) is 111 Å². The highest BCUT2D eigenvalue weighted by atomic mass is 16.5. The average Bonchev–Trinajstić information content (AvgIpc) is 3.24. The number of hydrogen-bond donors (Lipinski definition) is 2. The molecule has 3 unspecified atom stereocenters. The monoisotopic (exact) mass is 564 g/mol. The van der Waals surface area contributed by atoms with Crippen LogP contribution in [0, 0.1) is 17.8 Å². The summed E-state index contributed by atoms with van der Waals surface area (Å²) >= 11 is 0. The van der Waals surface area contributed by atoms with Crippen molar-refractivity contribution in [3.63, 3.8) is 0 Å². The number of benzene rings is 1. The van der Waals surface area contributed by atoms with E-state index < -0.39 is 23.4 Å². The summed E-state index contributed by atoms with van der Waals surface area (Å²) in [7, 11) is 3.32. The first-order valence-electron chi connectivity index (χ1n) is 14.4. The van der Waals surface area contributed by atoms with E-state index in [1.54, 1.807) is 13.0 Å². The van der Waals surface area contributed by atoms with Crippen LogP contribution < -0.4 is 10.9 Å². The van der Waals surface area contributed by atoms with Gasteiger partial charge in [0.2, 0.25) is 0 Å². The number of rotatable bonds is 13. The molecule has 0 saturated heterocycles. The Kier molecular flexibility index (Phi) is 11.0. The fourth-order valence-corrected chi connectivity index (χ4v) is 4.98. The summed E-state index contributed by atoms with van der Waals surface area (Å²) in [5.74, 6) is -0.573. The van der Waals surface area contributed by atoms with Gasteiger partial charge in [0.15, 0.2) is 5.78 Å². The number of hydrogen-bond acceptors (Lipinski definition) is 6. The van der Waals surface area contributed by atoms with Gasteiger partial charge in [0.1, 0.15) is 17.1 Å². The van der Waals surface area contributed by atoms with E-state index in [-0.39, 0.29) is 23.1 Å². The zero-order valence-corrected chi connectivity index (χ0v) is 25.3. The molecule has 0 aliphatic heterocycles. The van der Waals surface area contributed by atoms with Gasteiger partial charge in [-0.3, -0.25) is 10.1 Å². The van der Waals surface area contributed by atoms with E-state index in [4.69, 9.17) is 4.42 Å². The Morgan fingerprint density at radius 2 is 1.83 bits per heavy atom. The molecule has 0 saturated carbocycles. The number of fused-ring (bicyclic) bond motifs is 1. The normalized spacial score (nSPS) is 14.0. The minimum absolute atomic E-state index is 0.0753. The molecule has 0 aliphatic rings. The lowest BCUT2D eigenvalue weighted by Crippen LogP contribution is -2.26. The van der Waals surface area contributed by atoms with Crippen molar-refractivity contribution < 1.29 is 23.8 Å². The SMILES string of the molecule is COC(=O)N/C=C/CCC(C)c1cc(O)c(C(=O)C(C)C(C)Cc2cc3cc(CCC(C)C)ccc3n2C)c(=O)o1. The average molecular weight is 565 g/mol. The summed E-state index contributed by atoms with van der Waals surface area (Å²) in [4.78, 5) is 37.3. The molecule has 2 N–H and O–H groups in total. The van der Waals surface area contributed by atoms with Crippen molar-refractivity contribution in [1.82, 2.24) is 9.88 Å². The van der Waals surface area contributed by atoms with Crippen molar-refractivity contribution in [1.29, 1.82) is 0 Å². The van der Waals surface area contributed by atoms with E-state index in [0.29, 0.717) is 30.9 Å². The Morgan fingerprint density at radius 1 is 1.10 bits per heavy atom. The fourth-order valence-electron chi connectivity index (χ4n) is 4.98. The van der Waals surface area contributed by atoms with Crippen molar-refractivity contribution >= 4 is 22.8 Å². The predicted octanol–water partition coefficient (Wildman–Crippen LogP) is 6.88. The third kappa shape index (κ3) is 8.12. The predicted molar refractivity (Wildman–Crippen MR) is 161 cm³/mol. The molecule has 1 amide bonds. The van der Waals surface area contributed by atoms with Gasteiger partial charge in [0.25, 0.3) is 0 Å². The Bertz CT molecular complexity index is 1450. The molecule has 222 valence electrons. The summed E-state index contributed by atoms with van der Waals surface area (Å²) in [5.41, 5.74) is 2.47. The highest BCUT2D eigenvalue weighted by Crippen LogP contribution is 2.29. The Morgan fingerprint density at radius 3 is 2.49 bits per heavy atom. The molecule has 41 heavy (non-hydrogen) atoms. The van der Waals surface area contributed by atoms with Crippen LogP contribution in [0.1, 0.15) is 87.2 Å². The van der Waals surface area contributed by atoms with Crippen LogP contribution in [-0.2, 0) is 24.6 Å². The van der Waals surface area contributed by atoms with Gasteiger partial charge in [-0.15, -0.1) is 0 Å². The van der Waals surface area contributed by atoms with Crippen LogP contribution in [0.15, 0.2) is 51.8 Å². The van der Waals surface area contributed by atoms with Crippen LogP contribution in [0.5, 0.6) is 5.75 Å². The molecule has 3 aromatic rings. The van der Waals surface area contributed by atoms with Crippen LogP contribution in [0.25, 0.3) is 10.9 Å². The van der Waals surface area contributed by atoms with Crippen molar-refractivity contribution in [3.05, 3.63) is 75.6 Å². The Labute approximate surface area is 242 Å². The number of nitrogens with zero attached hydrogens (tertiary/aromatic N) is 1. The van der Waals surface area contributed by atoms with E-state index in [0.717, 1.165) is 24.1 Å². The Balaban J connectivity index is 1.68. The molecular formula is C33H44N2O6. The van der Waals surface area contributed by atoms with Crippen LogP contribution in [-0.4, -0.2) is 28.7 Å². The van der Waals surface area contributed by atoms with E-state index in [2.05, 4.69) is 52.7 Å². The Hall–Kier alpha value is -3.81. The zero-order valence-electron chi connectivity index (χ0n) is 25.3. The quantitative estimate of drug-likeness (QED) is 0.219. The number of amides is 1. The number of methoxy groups -OCH3 is 1. The maximum Gasteiger partial charge on any atom is 0.410 e. The summed E-state index contributed by atoms with van der Waals surface area (Å²) < 4.78 is 12.1. The number of nitrogens with one attached hydrogen (secondary N) is 1. The van der Waals surface area contributed by atoms with E-state index >= 15 is 0 Å². The second-order valence-corrected chi connectivity index (χ2v) is 11.6. The smallest absolute Gasteiger partial charge is 0.410 e. The lowest BCUT2D eigenvalue weighted by Gasteiger charge is -2.19. The minimum Gasteiger partial charge on any atom is -0.507 e. The molecule has 1 aromatic carbocycles. The molecule has 0 fully saturated rings. The van der Waals surface area contributed by atoms with Gasteiger partial charge in [-0.2, -0.15) is 0 Å². The summed E-state index contributed by atoms with van der Waals surface area (Å²) in [5, 5.41) is 14.3. The number of aromatic hydroxyl groups is 1. The molecule has 0 radical (unpaired) electrons. The molecule has 0 spiro atoms. The van der Waals surface area contributed by atoms with Crippen molar-refractivity contribution in [2.45, 2.75) is 72.6 Å². The number of ketones is 1. The van der Waals surface area contributed by atoms with Gasteiger partial charge in [-0.1, -0.05) is 46.8 Å². The van der Waals surface area contributed by atoms with Crippen molar-refractivity contribution in [3.8, 4) is 5.75 Å². The minimum atomic E-state index is -0.822. The molecule has 8 heteroatoms. The number of carbonyl (C=O) groups excluding carboxylic acids is 2. The highest BCUT2D eigenvalue weighted by Gasteiger charge is 2.29.